The number of fused-ring (bicyclic) bond motifs is 1. The van der Waals surface area contributed by atoms with Gasteiger partial charge in [0.25, 0.3) is 5.56 Å². The largest absolute Gasteiger partial charge is 0.344 e. The molecule has 7 heteroatoms. The molecule has 1 amide bonds. The SMILES string of the molecule is CCCCN(C)C(=O)Cn1c(=O)[nH]c2sc(C)cc2c1=O. The lowest BCUT2D eigenvalue weighted by atomic mass is 10.3. The topological polar surface area (TPSA) is 75.2 Å². The lowest BCUT2D eigenvalue weighted by molar-refractivity contribution is -0.130. The summed E-state index contributed by atoms with van der Waals surface area (Å²) in [6.07, 6.45) is 1.88. The van der Waals surface area contributed by atoms with Crippen molar-refractivity contribution in [2.45, 2.75) is 33.2 Å². The van der Waals surface area contributed by atoms with Crippen LogP contribution in [0.4, 0.5) is 0 Å². The van der Waals surface area contributed by atoms with E-state index in [1.165, 1.54) is 11.3 Å². The number of H-pyrrole nitrogens is 1. The van der Waals surface area contributed by atoms with Gasteiger partial charge in [0, 0.05) is 18.5 Å². The first-order valence-electron chi connectivity index (χ1n) is 6.91. The van der Waals surface area contributed by atoms with Crippen LogP contribution in [-0.2, 0) is 11.3 Å². The summed E-state index contributed by atoms with van der Waals surface area (Å²) in [5.74, 6) is -0.234. The molecule has 2 heterocycles. The minimum Gasteiger partial charge on any atom is -0.344 e. The van der Waals surface area contributed by atoms with Crippen LogP contribution in [0.5, 0.6) is 0 Å². The second-order valence-corrected chi connectivity index (χ2v) is 6.35. The van der Waals surface area contributed by atoms with E-state index in [1.54, 1.807) is 18.0 Å². The number of nitrogens with one attached hydrogen (secondary N) is 1. The normalized spacial score (nSPS) is 11.0. The molecule has 0 saturated heterocycles. The zero-order valence-corrected chi connectivity index (χ0v) is 13.2. The van der Waals surface area contributed by atoms with E-state index in [1.807, 2.05) is 13.8 Å². The minimum absolute atomic E-state index is 0.223. The number of aromatic nitrogens is 2. The third-order valence-electron chi connectivity index (χ3n) is 3.36. The van der Waals surface area contributed by atoms with Crippen LogP contribution < -0.4 is 11.2 Å². The Labute approximate surface area is 126 Å². The predicted octanol–water partition coefficient (Wildman–Crippen LogP) is 1.32. The summed E-state index contributed by atoms with van der Waals surface area (Å²) in [6, 6.07) is 1.74. The molecule has 0 atom stereocenters. The molecule has 0 aromatic carbocycles. The molecule has 0 aliphatic carbocycles. The summed E-state index contributed by atoms with van der Waals surface area (Å²) < 4.78 is 0.972. The number of hydrogen-bond acceptors (Lipinski definition) is 4. The van der Waals surface area contributed by atoms with Gasteiger partial charge in [0.15, 0.2) is 0 Å². The third-order valence-corrected chi connectivity index (χ3v) is 4.33. The highest BCUT2D eigenvalue weighted by molar-refractivity contribution is 7.18. The van der Waals surface area contributed by atoms with Crippen molar-refractivity contribution in [2.24, 2.45) is 0 Å². The van der Waals surface area contributed by atoms with E-state index in [0.29, 0.717) is 16.8 Å². The molecule has 21 heavy (non-hydrogen) atoms. The van der Waals surface area contributed by atoms with E-state index >= 15 is 0 Å². The second-order valence-electron chi connectivity index (χ2n) is 5.09. The summed E-state index contributed by atoms with van der Waals surface area (Å²) in [5.41, 5.74) is -0.943. The molecule has 0 unspecified atom stereocenters. The van der Waals surface area contributed by atoms with Crippen LogP contribution >= 0.6 is 11.3 Å². The maximum Gasteiger partial charge on any atom is 0.329 e. The van der Waals surface area contributed by atoms with Crippen molar-refractivity contribution < 1.29 is 4.79 Å². The maximum atomic E-state index is 12.3. The molecule has 6 nitrogen and oxygen atoms in total. The molecule has 2 aromatic heterocycles. The van der Waals surface area contributed by atoms with Crippen molar-refractivity contribution in [3.05, 3.63) is 31.8 Å². The fourth-order valence-corrected chi connectivity index (χ4v) is 2.98. The van der Waals surface area contributed by atoms with Gasteiger partial charge in [-0.3, -0.25) is 19.1 Å². The van der Waals surface area contributed by atoms with Crippen LogP contribution in [0.15, 0.2) is 15.7 Å². The molecule has 0 aliphatic heterocycles. The molecular formula is C14H19N3O3S. The van der Waals surface area contributed by atoms with Gasteiger partial charge in [-0.15, -0.1) is 11.3 Å². The van der Waals surface area contributed by atoms with Crippen LogP contribution in [0.2, 0.25) is 0 Å². The number of thiophene rings is 1. The number of aromatic amines is 1. The van der Waals surface area contributed by atoms with Gasteiger partial charge in [0.2, 0.25) is 5.91 Å². The summed E-state index contributed by atoms with van der Waals surface area (Å²) in [5, 5.41) is 0.459. The van der Waals surface area contributed by atoms with Gasteiger partial charge < -0.3 is 4.90 Å². The minimum atomic E-state index is -0.536. The number of aryl methyl sites for hydroxylation is 1. The van der Waals surface area contributed by atoms with E-state index < -0.39 is 11.2 Å². The Bertz CT molecular complexity index is 772. The highest BCUT2D eigenvalue weighted by Crippen LogP contribution is 2.18. The standard InChI is InChI=1S/C14H19N3O3S/c1-4-5-6-16(3)11(18)8-17-13(19)10-7-9(2)21-12(10)15-14(17)20/h7H,4-6,8H2,1-3H3,(H,15,20). The van der Waals surface area contributed by atoms with E-state index in [2.05, 4.69) is 4.98 Å². The first-order chi connectivity index (χ1) is 9.93. The van der Waals surface area contributed by atoms with Crippen molar-refractivity contribution in [1.29, 1.82) is 0 Å². The Morgan fingerprint density at radius 1 is 1.43 bits per heavy atom. The monoisotopic (exact) mass is 309 g/mol. The Balaban J connectivity index is 2.32. The van der Waals surface area contributed by atoms with Gasteiger partial charge in [-0.25, -0.2) is 4.79 Å². The van der Waals surface area contributed by atoms with Crippen LogP contribution in [-0.4, -0.2) is 34.0 Å². The molecule has 0 radical (unpaired) electrons. The van der Waals surface area contributed by atoms with Crippen molar-refractivity contribution in [1.82, 2.24) is 14.5 Å². The number of rotatable bonds is 5. The molecule has 0 spiro atoms. The number of hydrogen-bond donors (Lipinski definition) is 1. The number of likely N-dealkylation sites (N-methyl/N-ethyl adjacent to an activating group) is 1. The average Bonchev–Trinajstić information content (AvgIpc) is 2.81. The van der Waals surface area contributed by atoms with Crippen molar-refractivity contribution >= 4 is 27.5 Å². The molecule has 114 valence electrons. The summed E-state index contributed by atoms with van der Waals surface area (Å²) in [4.78, 5) is 42.1. The lowest BCUT2D eigenvalue weighted by Crippen LogP contribution is -2.41. The third kappa shape index (κ3) is 3.24. The van der Waals surface area contributed by atoms with Crippen LogP contribution in [0.1, 0.15) is 24.6 Å². The Kier molecular flexibility index (Phi) is 4.62. The molecule has 0 bridgehead atoms. The van der Waals surface area contributed by atoms with Crippen molar-refractivity contribution in [3.63, 3.8) is 0 Å². The van der Waals surface area contributed by atoms with Gasteiger partial charge in [-0.1, -0.05) is 13.3 Å². The molecule has 1 N–H and O–H groups in total. The fraction of sp³-hybridized carbons (Fsp3) is 0.500. The zero-order chi connectivity index (χ0) is 15.6. The van der Waals surface area contributed by atoms with Gasteiger partial charge in [0.05, 0.1) is 5.39 Å². The number of amides is 1. The van der Waals surface area contributed by atoms with E-state index in [4.69, 9.17) is 0 Å². The smallest absolute Gasteiger partial charge is 0.329 e. The molecule has 2 rings (SSSR count). The summed E-state index contributed by atoms with van der Waals surface area (Å²) in [6.45, 7) is 4.32. The lowest BCUT2D eigenvalue weighted by Gasteiger charge is -2.16. The van der Waals surface area contributed by atoms with Crippen LogP contribution in [0.25, 0.3) is 10.2 Å². The summed E-state index contributed by atoms with van der Waals surface area (Å²) >= 11 is 1.36. The van der Waals surface area contributed by atoms with E-state index in [0.717, 1.165) is 22.3 Å². The molecule has 0 aliphatic rings. The van der Waals surface area contributed by atoms with Gasteiger partial charge in [-0.2, -0.15) is 0 Å². The highest BCUT2D eigenvalue weighted by atomic mass is 32.1. The highest BCUT2D eigenvalue weighted by Gasteiger charge is 2.15. The zero-order valence-electron chi connectivity index (χ0n) is 12.4. The molecule has 0 fully saturated rings. The van der Waals surface area contributed by atoms with Gasteiger partial charge in [0.1, 0.15) is 11.4 Å². The van der Waals surface area contributed by atoms with Gasteiger partial charge >= 0.3 is 5.69 Å². The van der Waals surface area contributed by atoms with E-state index in [-0.39, 0.29) is 12.5 Å². The van der Waals surface area contributed by atoms with Gasteiger partial charge in [-0.05, 0) is 19.4 Å². The fourth-order valence-electron chi connectivity index (χ4n) is 2.09. The number of carbonyl (C=O) groups is 1. The molecule has 0 saturated carbocycles. The Morgan fingerprint density at radius 2 is 2.14 bits per heavy atom. The first kappa shape index (κ1) is 15.5. The molecule has 2 aromatic rings. The maximum absolute atomic E-state index is 12.3. The Morgan fingerprint density at radius 3 is 2.81 bits per heavy atom. The number of carbonyl (C=O) groups excluding carboxylic acids is 1. The van der Waals surface area contributed by atoms with Crippen LogP contribution in [0, 0.1) is 6.92 Å². The summed E-state index contributed by atoms with van der Waals surface area (Å²) in [7, 11) is 1.69. The second kappa shape index (κ2) is 6.26. The van der Waals surface area contributed by atoms with Crippen molar-refractivity contribution in [3.8, 4) is 0 Å². The quantitative estimate of drug-likeness (QED) is 0.905. The molecular weight excluding hydrogens is 290 g/mol. The number of nitrogens with zero attached hydrogens (tertiary/aromatic N) is 2. The van der Waals surface area contributed by atoms with E-state index in [9.17, 15) is 14.4 Å². The first-order valence-corrected chi connectivity index (χ1v) is 7.73. The Hall–Kier alpha value is -1.89. The van der Waals surface area contributed by atoms with Crippen molar-refractivity contribution in [2.75, 3.05) is 13.6 Å². The predicted molar refractivity (Wildman–Crippen MR) is 84.0 cm³/mol. The van der Waals surface area contributed by atoms with Crippen LogP contribution in [0.3, 0.4) is 0 Å². The number of unbranched alkanes of at least 4 members (excludes halogenated alkanes) is 1. The average molecular weight is 309 g/mol.